The lowest BCUT2D eigenvalue weighted by atomic mass is 9.99. The van der Waals surface area contributed by atoms with Gasteiger partial charge in [-0.25, -0.2) is 0 Å². The van der Waals surface area contributed by atoms with E-state index in [1.54, 1.807) is 6.08 Å². The molecule has 1 fully saturated rings. The average molecular weight is 898 g/mol. The molecule has 6 N–H and O–H groups in total. The van der Waals surface area contributed by atoms with Gasteiger partial charge in [0.25, 0.3) is 0 Å². The van der Waals surface area contributed by atoms with E-state index >= 15 is 0 Å². The van der Waals surface area contributed by atoms with Crippen LogP contribution in [0.4, 0.5) is 0 Å². The zero-order valence-electron chi connectivity index (χ0n) is 40.5. The monoisotopic (exact) mass is 898 g/mol. The van der Waals surface area contributed by atoms with Crippen LogP contribution in [0, 0.1) is 0 Å². The Bertz CT molecular complexity index is 1270. The molecule has 7 atom stereocenters. The highest BCUT2D eigenvalue weighted by Crippen LogP contribution is 2.23. The summed E-state index contributed by atoms with van der Waals surface area (Å²) in [4.78, 5) is 13.0. The molecule has 1 aliphatic rings. The molecule has 9 nitrogen and oxygen atoms in total. The number of rotatable bonds is 42. The van der Waals surface area contributed by atoms with Gasteiger partial charge in [-0.05, 0) is 70.6 Å². The van der Waals surface area contributed by atoms with Gasteiger partial charge < -0.3 is 40.3 Å². The third kappa shape index (κ3) is 33.8. The molecule has 0 spiro atoms. The van der Waals surface area contributed by atoms with E-state index in [0.717, 1.165) is 89.9 Å². The first-order chi connectivity index (χ1) is 31.3. The van der Waals surface area contributed by atoms with Crippen LogP contribution in [0.2, 0.25) is 0 Å². The van der Waals surface area contributed by atoms with E-state index < -0.39 is 49.5 Å². The summed E-state index contributed by atoms with van der Waals surface area (Å²) < 4.78 is 11.2. The maximum Gasteiger partial charge on any atom is 0.220 e. The van der Waals surface area contributed by atoms with Crippen LogP contribution in [-0.4, -0.2) is 87.5 Å². The second kappa shape index (κ2) is 44.2. The lowest BCUT2D eigenvalue weighted by Gasteiger charge is -2.40. The highest BCUT2D eigenvalue weighted by Gasteiger charge is 2.44. The van der Waals surface area contributed by atoms with E-state index in [0.29, 0.717) is 6.42 Å². The number of unbranched alkanes of at least 4 members (excludes halogenated alkanes) is 20. The van der Waals surface area contributed by atoms with Crippen LogP contribution in [0.5, 0.6) is 0 Å². The van der Waals surface area contributed by atoms with E-state index in [2.05, 4.69) is 92.1 Å². The van der Waals surface area contributed by atoms with Crippen LogP contribution < -0.4 is 5.32 Å². The van der Waals surface area contributed by atoms with Crippen molar-refractivity contribution in [3.63, 3.8) is 0 Å². The highest BCUT2D eigenvalue weighted by atomic mass is 16.7. The second-order valence-corrected chi connectivity index (χ2v) is 17.6. The average Bonchev–Trinajstić information content (AvgIpc) is 3.29. The van der Waals surface area contributed by atoms with Crippen molar-refractivity contribution in [2.24, 2.45) is 0 Å². The quantitative estimate of drug-likeness (QED) is 0.0262. The molecule has 368 valence electrons. The number of aliphatic hydroxyl groups is 5. The van der Waals surface area contributed by atoms with E-state index in [4.69, 9.17) is 9.47 Å². The highest BCUT2D eigenvalue weighted by molar-refractivity contribution is 5.76. The molecule has 1 rings (SSSR count). The lowest BCUT2D eigenvalue weighted by molar-refractivity contribution is -0.302. The maximum atomic E-state index is 13.0. The smallest absolute Gasteiger partial charge is 0.220 e. The largest absolute Gasteiger partial charge is 0.394 e. The van der Waals surface area contributed by atoms with Gasteiger partial charge in [0, 0.05) is 6.42 Å². The molecule has 1 saturated heterocycles. The van der Waals surface area contributed by atoms with Crippen LogP contribution in [0.25, 0.3) is 0 Å². The Morgan fingerprint density at radius 2 is 0.969 bits per heavy atom. The number of nitrogens with one attached hydrogen (secondary N) is 1. The Morgan fingerprint density at radius 1 is 0.547 bits per heavy atom. The maximum absolute atomic E-state index is 13.0. The molecule has 1 heterocycles. The van der Waals surface area contributed by atoms with Gasteiger partial charge in [0.15, 0.2) is 6.29 Å². The van der Waals surface area contributed by atoms with Gasteiger partial charge in [-0.1, -0.05) is 208 Å². The van der Waals surface area contributed by atoms with Crippen molar-refractivity contribution in [2.45, 2.75) is 243 Å². The van der Waals surface area contributed by atoms with Crippen LogP contribution in [0.1, 0.15) is 200 Å². The number of hydrogen-bond acceptors (Lipinski definition) is 8. The van der Waals surface area contributed by atoms with E-state index in [1.807, 2.05) is 6.08 Å². The van der Waals surface area contributed by atoms with Crippen LogP contribution in [0.15, 0.2) is 85.1 Å². The Labute approximate surface area is 391 Å². The number of hydrogen-bond donors (Lipinski definition) is 6. The molecule has 9 heteroatoms. The summed E-state index contributed by atoms with van der Waals surface area (Å²) in [7, 11) is 0. The summed E-state index contributed by atoms with van der Waals surface area (Å²) >= 11 is 0. The van der Waals surface area contributed by atoms with Gasteiger partial charge in [0.1, 0.15) is 24.4 Å². The lowest BCUT2D eigenvalue weighted by Crippen LogP contribution is -2.60. The van der Waals surface area contributed by atoms with Crippen molar-refractivity contribution in [3.8, 4) is 0 Å². The summed E-state index contributed by atoms with van der Waals surface area (Å²) in [5.41, 5.74) is 0. The molecule has 0 radical (unpaired) electrons. The Kier molecular flexibility index (Phi) is 41.0. The van der Waals surface area contributed by atoms with Gasteiger partial charge in [-0.2, -0.15) is 0 Å². The molecule has 0 aromatic heterocycles. The Balaban J connectivity index is 2.27. The molecule has 0 aromatic carbocycles. The van der Waals surface area contributed by atoms with Gasteiger partial charge in [0.05, 0.1) is 25.4 Å². The number of aliphatic hydroxyl groups excluding tert-OH is 5. The SMILES string of the molecule is CC/C=C\C/C=C\C/C=C\C/C=C\C/C=C\C/C=C\CCCCCCCCCCC(=O)NC(COC1OC(CO)C(O)C(O)C1O)C(O)/C=C/CCCCCCCCCCCCCC. The molecular weight excluding hydrogens is 803 g/mol. The van der Waals surface area contributed by atoms with Crippen molar-refractivity contribution in [2.75, 3.05) is 13.2 Å². The first-order valence-corrected chi connectivity index (χ1v) is 25.8. The zero-order chi connectivity index (χ0) is 46.6. The fourth-order valence-corrected chi connectivity index (χ4v) is 7.63. The van der Waals surface area contributed by atoms with Crippen molar-refractivity contribution < 1.29 is 39.8 Å². The standard InChI is InChI=1S/C55H95NO8/c1-3-5-7-9-11-13-15-17-19-20-21-22-23-24-25-26-27-28-29-30-31-33-35-37-39-41-43-45-51(59)56-48(47-63-55-54(62)53(61)52(60)50(46-57)64-55)49(58)44-42-40-38-36-34-32-18-16-14-12-10-8-6-4-2/h5,7,11,13,17,19,21-22,24-25,27-28,42,44,48-50,52-55,57-58,60-62H,3-4,6,8-10,12,14-16,18,20,23,26,29-41,43,45-47H2,1-2H3,(H,56,59)/b7-5-,13-11-,19-17-,22-21-,25-24-,28-27-,44-42+. The Hall–Kier alpha value is -2.63. The van der Waals surface area contributed by atoms with Gasteiger partial charge in [-0.3, -0.25) is 4.79 Å². The third-order valence-electron chi connectivity index (χ3n) is 11.7. The zero-order valence-corrected chi connectivity index (χ0v) is 40.5. The predicted molar refractivity (Wildman–Crippen MR) is 267 cm³/mol. The Morgan fingerprint density at radius 3 is 1.44 bits per heavy atom. The van der Waals surface area contributed by atoms with Crippen molar-refractivity contribution in [1.82, 2.24) is 5.32 Å². The topological polar surface area (TPSA) is 149 Å². The third-order valence-corrected chi connectivity index (χ3v) is 11.7. The number of ether oxygens (including phenoxy) is 2. The molecular formula is C55H95NO8. The molecule has 1 aliphatic heterocycles. The van der Waals surface area contributed by atoms with Gasteiger partial charge >= 0.3 is 0 Å². The van der Waals surface area contributed by atoms with Gasteiger partial charge in [0.2, 0.25) is 5.91 Å². The van der Waals surface area contributed by atoms with Crippen molar-refractivity contribution >= 4 is 5.91 Å². The summed E-state index contributed by atoms with van der Waals surface area (Å²) in [6, 6.07) is -0.814. The summed E-state index contributed by atoms with van der Waals surface area (Å²) in [6.45, 7) is 3.64. The molecule has 7 unspecified atom stereocenters. The molecule has 0 saturated carbocycles. The second-order valence-electron chi connectivity index (χ2n) is 17.6. The van der Waals surface area contributed by atoms with Crippen molar-refractivity contribution in [1.29, 1.82) is 0 Å². The molecule has 0 aliphatic carbocycles. The van der Waals surface area contributed by atoms with Crippen LogP contribution >= 0.6 is 0 Å². The fourth-order valence-electron chi connectivity index (χ4n) is 7.63. The van der Waals surface area contributed by atoms with E-state index in [9.17, 15) is 30.3 Å². The fraction of sp³-hybridized carbons (Fsp3) is 0.727. The summed E-state index contributed by atoms with van der Waals surface area (Å²) in [5, 5.41) is 54.3. The van der Waals surface area contributed by atoms with Gasteiger partial charge in [-0.15, -0.1) is 0 Å². The van der Waals surface area contributed by atoms with Crippen molar-refractivity contribution in [3.05, 3.63) is 85.1 Å². The van der Waals surface area contributed by atoms with Crippen LogP contribution in [-0.2, 0) is 14.3 Å². The number of amides is 1. The minimum absolute atomic E-state index is 0.190. The number of carbonyl (C=O) groups excluding carboxylic acids is 1. The first kappa shape index (κ1) is 59.4. The van der Waals surface area contributed by atoms with E-state index in [1.165, 1.54) is 89.9 Å². The minimum Gasteiger partial charge on any atom is -0.394 e. The van der Waals surface area contributed by atoms with Crippen LogP contribution in [0.3, 0.4) is 0 Å². The number of carbonyl (C=O) groups is 1. The molecule has 1 amide bonds. The first-order valence-electron chi connectivity index (χ1n) is 25.8. The molecule has 0 bridgehead atoms. The predicted octanol–water partition coefficient (Wildman–Crippen LogP) is 11.9. The molecule has 64 heavy (non-hydrogen) atoms. The normalized spacial score (nSPS) is 20.8. The van der Waals surface area contributed by atoms with E-state index in [-0.39, 0.29) is 12.5 Å². The summed E-state index contributed by atoms with van der Waals surface area (Å²) in [6.07, 6.45) is 54.8. The molecule has 0 aromatic rings. The summed E-state index contributed by atoms with van der Waals surface area (Å²) in [5.74, 6) is -0.190. The number of allylic oxidation sites excluding steroid dienone is 13. The minimum atomic E-state index is -1.57.